The lowest BCUT2D eigenvalue weighted by Gasteiger charge is -2.10. The van der Waals surface area contributed by atoms with Gasteiger partial charge in [0, 0.05) is 29.7 Å². The first-order valence-electron chi connectivity index (χ1n) is 6.17. The molecule has 1 aromatic heterocycles. The summed E-state index contributed by atoms with van der Waals surface area (Å²) in [7, 11) is 0. The first kappa shape index (κ1) is 14.0. The number of anilines is 2. The van der Waals surface area contributed by atoms with Gasteiger partial charge in [0.1, 0.15) is 0 Å². The Balaban J connectivity index is 2.06. The summed E-state index contributed by atoms with van der Waals surface area (Å²) in [4.78, 5) is 18.9. The standard InChI is InChI=1S/C14H16N4O2/c1-9-3-2-4-11(5-9)18-14-16-7-10(8-17-14)12(15)6-13(19)20/h2-5,7-8,12H,6,15H2,1H3,(H,19,20)(H,16,17,18). The lowest BCUT2D eigenvalue weighted by molar-refractivity contribution is -0.137. The minimum Gasteiger partial charge on any atom is -0.481 e. The van der Waals surface area contributed by atoms with E-state index in [0.717, 1.165) is 11.3 Å². The maximum atomic E-state index is 10.6. The Morgan fingerprint density at radius 1 is 1.40 bits per heavy atom. The maximum Gasteiger partial charge on any atom is 0.305 e. The fraction of sp³-hybridized carbons (Fsp3) is 0.214. The van der Waals surface area contributed by atoms with Gasteiger partial charge < -0.3 is 16.2 Å². The second kappa shape index (κ2) is 6.12. The normalized spacial score (nSPS) is 11.9. The van der Waals surface area contributed by atoms with E-state index < -0.39 is 12.0 Å². The van der Waals surface area contributed by atoms with Crippen LogP contribution in [0.3, 0.4) is 0 Å². The number of carboxylic acid groups (broad SMARTS) is 1. The van der Waals surface area contributed by atoms with Crippen LogP contribution >= 0.6 is 0 Å². The summed E-state index contributed by atoms with van der Waals surface area (Å²) in [5.74, 6) is -0.499. The number of rotatable bonds is 5. The number of benzene rings is 1. The van der Waals surface area contributed by atoms with E-state index >= 15 is 0 Å². The summed E-state index contributed by atoms with van der Waals surface area (Å²) >= 11 is 0. The molecule has 1 unspecified atom stereocenters. The maximum absolute atomic E-state index is 10.6. The van der Waals surface area contributed by atoms with Gasteiger partial charge in [-0.05, 0) is 24.6 Å². The fourth-order valence-electron chi connectivity index (χ4n) is 1.75. The lowest BCUT2D eigenvalue weighted by Crippen LogP contribution is -2.15. The third-order valence-corrected chi connectivity index (χ3v) is 2.77. The van der Waals surface area contributed by atoms with Crippen molar-refractivity contribution in [1.29, 1.82) is 0 Å². The van der Waals surface area contributed by atoms with Crippen molar-refractivity contribution in [3.63, 3.8) is 0 Å². The van der Waals surface area contributed by atoms with E-state index in [1.165, 1.54) is 0 Å². The molecule has 0 saturated carbocycles. The van der Waals surface area contributed by atoms with Crippen molar-refractivity contribution in [3.8, 4) is 0 Å². The second-order valence-corrected chi connectivity index (χ2v) is 4.54. The number of aryl methyl sites for hydroxylation is 1. The fourth-order valence-corrected chi connectivity index (χ4v) is 1.75. The monoisotopic (exact) mass is 272 g/mol. The molecule has 6 nitrogen and oxygen atoms in total. The zero-order chi connectivity index (χ0) is 14.5. The first-order chi connectivity index (χ1) is 9.54. The van der Waals surface area contributed by atoms with Crippen molar-refractivity contribution in [3.05, 3.63) is 47.8 Å². The number of hydrogen-bond donors (Lipinski definition) is 3. The highest BCUT2D eigenvalue weighted by Gasteiger charge is 2.11. The van der Waals surface area contributed by atoms with Gasteiger partial charge in [-0.25, -0.2) is 9.97 Å². The van der Waals surface area contributed by atoms with Crippen molar-refractivity contribution in [1.82, 2.24) is 9.97 Å². The molecule has 0 aliphatic carbocycles. The van der Waals surface area contributed by atoms with E-state index in [2.05, 4.69) is 15.3 Å². The van der Waals surface area contributed by atoms with Crippen molar-refractivity contribution < 1.29 is 9.90 Å². The molecular weight excluding hydrogens is 256 g/mol. The van der Waals surface area contributed by atoms with Crippen LogP contribution in [-0.4, -0.2) is 21.0 Å². The highest BCUT2D eigenvalue weighted by molar-refractivity contribution is 5.67. The second-order valence-electron chi connectivity index (χ2n) is 4.54. The highest BCUT2D eigenvalue weighted by Crippen LogP contribution is 2.16. The molecule has 1 atom stereocenters. The molecule has 104 valence electrons. The average molecular weight is 272 g/mol. The average Bonchev–Trinajstić information content (AvgIpc) is 2.38. The summed E-state index contributed by atoms with van der Waals surface area (Å²) < 4.78 is 0. The third kappa shape index (κ3) is 3.76. The van der Waals surface area contributed by atoms with Crippen LogP contribution in [0.25, 0.3) is 0 Å². The summed E-state index contributed by atoms with van der Waals surface area (Å²) in [6.07, 6.45) is 2.94. The zero-order valence-corrected chi connectivity index (χ0v) is 11.1. The smallest absolute Gasteiger partial charge is 0.305 e. The first-order valence-corrected chi connectivity index (χ1v) is 6.17. The summed E-state index contributed by atoms with van der Waals surface area (Å²) in [6.45, 7) is 2.00. The Bertz CT molecular complexity index is 598. The Morgan fingerprint density at radius 2 is 2.10 bits per heavy atom. The Labute approximate surface area is 116 Å². The summed E-state index contributed by atoms with van der Waals surface area (Å²) in [5.41, 5.74) is 8.37. The van der Waals surface area contributed by atoms with Crippen LogP contribution in [0, 0.1) is 6.92 Å². The van der Waals surface area contributed by atoms with E-state index in [4.69, 9.17) is 10.8 Å². The number of carboxylic acids is 1. The van der Waals surface area contributed by atoms with Gasteiger partial charge in [0.15, 0.2) is 0 Å². The van der Waals surface area contributed by atoms with Gasteiger partial charge in [0.25, 0.3) is 0 Å². The van der Waals surface area contributed by atoms with E-state index in [9.17, 15) is 4.79 Å². The number of nitrogens with zero attached hydrogens (tertiary/aromatic N) is 2. The summed E-state index contributed by atoms with van der Waals surface area (Å²) in [6, 6.07) is 7.24. The number of aliphatic carboxylic acids is 1. The molecule has 1 heterocycles. The topological polar surface area (TPSA) is 101 Å². The van der Waals surface area contributed by atoms with Gasteiger partial charge in [-0.15, -0.1) is 0 Å². The number of nitrogens with one attached hydrogen (secondary N) is 1. The highest BCUT2D eigenvalue weighted by atomic mass is 16.4. The van der Waals surface area contributed by atoms with Crippen LogP contribution in [0.5, 0.6) is 0 Å². The number of carbonyl (C=O) groups is 1. The Hall–Kier alpha value is -2.47. The van der Waals surface area contributed by atoms with Gasteiger partial charge in [-0.1, -0.05) is 12.1 Å². The van der Waals surface area contributed by atoms with Crippen LogP contribution in [0.1, 0.15) is 23.6 Å². The van der Waals surface area contributed by atoms with Crippen LogP contribution in [0.4, 0.5) is 11.6 Å². The molecule has 0 radical (unpaired) electrons. The molecule has 20 heavy (non-hydrogen) atoms. The van der Waals surface area contributed by atoms with Crippen LogP contribution in [0.2, 0.25) is 0 Å². The predicted octanol–water partition coefficient (Wildman–Crippen LogP) is 2.00. The molecule has 6 heteroatoms. The van der Waals surface area contributed by atoms with E-state index in [-0.39, 0.29) is 6.42 Å². The Kier molecular flexibility index (Phi) is 4.27. The third-order valence-electron chi connectivity index (χ3n) is 2.77. The Morgan fingerprint density at radius 3 is 2.70 bits per heavy atom. The van der Waals surface area contributed by atoms with Crippen molar-refractivity contribution in [2.24, 2.45) is 5.73 Å². The van der Waals surface area contributed by atoms with E-state index in [1.54, 1.807) is 12.4 Å². The van der Waals surface area contributed by atoms with Gasteiger partial charge in [0.05, 0.1) is 6.42 Å². The molecule has 0 fully saturated rings. The molecule has 0 aliphatic heterocycles. The van der Waals surface area contributed by atoms with Gasteiger partial charge in [-0.2, -0.15) is 0 Å². The number of hydrogen-bond acceptors (Lipinski definition) is 5. The number of nitrogens with two attached hydrogens (primary N) is 1. The molecule has 0 saturated heterocycles. The van der Waals surface area contributed by atoms with Gasteiger partial charge in [-0.3, -0.25) is 4.79 Å². The largest absolute Gasteiger partial charge is 0.481 e. The molecule has 1 aromatic carbocycles. The van der Waals surface area contributed by atoms with Crippen LogP contribution in [0.15, 0.2) is 36.7 Å². The van der Waals surface area contributed by atoms with E-state index in [0.29, 0.717) is 11.5 Å². The molecule has 0 bridgehead atoms. The summed E-state index contributed by atoms with van der Waals surface area (Å²) in [5, 5.41) is 11.8. The van der Waals surface area contributed by atoms with Gasteiger partial charge >= 0.3 is 5.97 Å². The van der Waals surface area contributed by atoms with Crippen molar-refractivity contribution in [2.45, 2.75) is 19.4 Å². The zero-order valence-electron chi connectivity index (χ0n) is 11.1. The molecular formula is C14H16N4O2. The molecule has 2 aromatic rings. The van der Waals surface area contributed by atoms with Crippen molar-refractivity contribution in [2.75, 3.05) is 5.32 Å². The molecule has 2 rings (SSSR count). The molecule has 0 aliphatic rings. The number of aromatic nitrogens is 2. The van der Waals surface area contributed by atoms with Gasteiger partial charge in [0.2, 0.25) is 5.95 Å². The SMILES string of the molecule is Cc1cccc(Nc2ncc(C(N)CC(=O)O)cn2)c1. The van der Waals surface area contributed by atoms with E-state index in [1.807, 2.05) is 31.2 Å². The lowest BCUT2D eigenvalue weighted by atomic mass is 10.1. The quantitative estimate of drug-likeness (QED) is 0.769. The van der Waals surface area contributed by atoms with Crippen molar-refractivity contribution >= 4 is 17.6 Å². The minimum absolute atomic E-state index is 0.145. The molecule has 0 spiro atoms. The molecule has 4 N–H and O–H groups in total. The van der Waals surface area contributed by atoms with Crippen LogP contribution in [-0.2, 0) is 4.79 Å². The van der Waals surface area contributed by atoms with Crippen LogP contribution < -0.4 is 11.1 Å². The minimum atomic E-state index is -0.945. The molecule has 0 amide bonds. The predicted molar refractivity (Wildman–Crippen MR) is 75.7 cm³/mol.